The lowest BCUT2D eigenvalue weighted by molar-refractivity contribution is 0.102. The number of hydrogen-bond acceptors (Lipinski definition) is 6. The number of rotatable bonds is 5. The first-order valence-corrected chi connectivity index (χ1v) is 11.2. The minimum Gasteiger partial charge on any atom is -0.496 e. The molecule has 5 rings (SSSR count). The summed E-state index contributed by atoms with van der Waals surface area (Å²) in [5.41, 5.74) is 2.80. The molecule has 6 nitrogen and oxygen atoms in total. The third-order valence-corrected chi connectivity index (χ3v) is 6.91. The Kier molecular flexibility index (Phi) is 5.37. The molecule has 0 fully saturated rings. The third-order valence-electron chi connectivity index (χ3n) is 5.70. The number of amides is 1. The van der Waals surface area contributed by atoms with Crippen molar-refractivity contribution < 1.29 is 19.0 Å². The Morgan fingerprint density at radius 2 is 1.88 bits per heavy atom. The molecular weight excluding hydrogens is 436 g/mol. The van der Waals surface area contributed by atoms with Gasteiger partial charge < -0.3 is 19.5 Å². The van der Waals surface area contributed by atoms with Crippen LogP contribution in [-0.2, 0) is 6.42 Å². The van der Waals surface area contributed by atoms with E-state index in [0.717, 1.165) is 38.3 Å². The highest BCUT2D eigenvalue weighted by atomic mass is 32.1. The Balaban J connectivity index is 1.45. The van der Waals surface area contributed by atoms with Crippen LogP contribution in [0.4, 0.5) is 5.00 Å². The predicted molar refractivity (Wildman–Crippen MR) is 128 cm³/mol. The first-order valence-electron chi connectivity index (χ1n) is 10.4. The maximum Gasteiger partial charge on any atom is 0.260 e. The van der Waals surface area contributed by atoms with Gasteiger partial charge in [-0.25, -0.2) is 0 Å². The quantitative estimate of drug-likeness (QED) is 0.419. The molecule has 0 aliphatic carbocycles. The van der Waals surface area contributed by atoms with E-state index >= 15 is 0 Å². The molecule has 1 N–H and O–H groups in total. The molecule has 0 saturated heterocycles. The van der Waals surface area contributed by atoms with Crippen molar-refractivity contribution in [1.29, 1.82) is 5.26 Å². The van der Waals surface area contributed by atoms with Crippen LogP contribution in [0.5, 0.6) is 17.2 Å². The number of fused-ring (bicyclic) bond motifs is 2. The smallest absolute Gasteiger partial charge is 0.260 e. The minimum absolute atomic E-state index is 0.226. The van der Waals surface area contributed by atoms with Gasteiger partial charge in [0.25, 0.3) is 5.91 Å². The lowest BCUT2D eigenvalue weighted by atomic mass is 10.0. The van der Waals surface area contributed by atoms with Gasteiger partial charge in [0.15, 0.2) is 11.5 Å². The number of thiophene rings is 1. The van der Waals surface area contributed by atoms with Gasteiger partial charge in [0, 0.05) is 11.3 Å². The molecule has 1 amide bonds. The number of nitrogens with one attached hydrogen (secondary N) is 1. The van der Waals surface area contributed by atoms with Crippen LogP contribution in [0.25, 0.3) is 10.8 Å². The van der Waals surface area contributed by atoms with Crippen LogP contribution in [-0.4, -0.2) is 19.8 Å². The van der Waals surface area contributed by atoms with Gasteiger partial charge in [0.05, 0.1) is 18.2 Å². The van der Waals surface area contributed by atoms with Crippen LogP contribution in [0.15, 0.2) is 54.6 Å². The largest absolute Gasteiger partial charge is 0.496 e. The first-order chi connectivity index (χ1) is 16.1. The standard InChI is InChI=1S/C26H20N2O4S/c1-15-20(13-27)26(33-24(15)10-16-7-8-21-23(9-16)32-14-31-21)28-25(29)19-11-17-5-3-4-6-18(17)12-22(19)30-2/h3-9,11-12H,10,14H2,1-2H3,(H,28,29). The number of nitriles is 1. The highest BCUT2D eigenvalue weighted by molar-refractivity contribution is 7.16. The molecule has 0 atom stereocenters. The number of nitrogens with zero attached hydrogens (tertiary/aromatic N) is 1. The average molecular weight is 457 g/mol. The highest BCUT2D eigenvalue weighted by Gasteiger charge is 2.21. The Morgan fingerprint density at radius 1 is 1.12 bits per heavy atom. The van der Waals surface area contributed by atoms with Crippen molar-refractivity contribution in [3.05, 3.63) is 81.7 Å². The van der Waals surface area contributed by atoms with E-state index in [9.17, 15) is 10.1 Å². The zero-order valence-electron chi connectivity index (χ0n) is 18.1. The van der Waals surface area contributed by atoms with Crippen LogP contribution < -0.4 is 19.5 Å². The molecule has 1 aliphatic heterocycles. The Morgan fingerprint density at radius 3 is 2.64 bits per heavy atom. The molecular formula is C26H20N2O4S. The fourth-order valence-electron chi connectivity index (χ4n) is 3.92. The van der Waals surface area contributed by atoms with E-state index in [-0.39, 0.29) is 12.7 Å². The van der Waals surface area contributed by atoms with Gasteiger partial charge in [-0.15, -0.1) is 11.3 Å². The summed E-state index contributed by atoms with van der Waals surface area (Å²) in [5, 5.41) is 15.2. The number of benzene rings is 3. The van der Waals surface area contributed by atoms with Crippen molar-refractivity contribution in [3.8, 4) is 23.3 Å². The molecule has 0 bridgehead atoms. The normalized spacial score (nSPS) is 11.9. The van der Waals surface area contributed by atoms with Crippen molar-refractivity contribution in [1.82, 2.24) is 0 Å². The van der Waals surface area contributed by atoms with Crippen molar-refractivity contribution in [2.45, 2.75) is 13.3 Å². The molecule has 0 spiro atoms. The van der Waals surface area contributed by atoms with Gasteiger partial charge in [0.1, 0.15) is 16.8 Å². The average Bonchev–Trinajstić information content (AvgIpc) is 3.41. The maximum absolute atomic E-state index is 13.2. The van der Waals surface area contributed by atoms with Gasteiger partial charge in [0.2, 0.25) is 6.79 Å². The molecule has 7 heteroatoms. The van der Waals surface area contributed by atoms with Crippen LogP contribution in [0.2, 0.25) is 0 Å². The Bertz CT molecular complexity index is 1430. The molecule has 164 valence electrons. The number of methoxy groups -OCH3 is 1. The Labute approximate surface area is 194 Å². The summed E-state index contributed by atoms with van der Waals surface area (Å²) in [6.07, 6.45) is 0.622. The molecule has 0 unspecified atom stereocenters. The summed E-state index contributed by atoms with van der Waals surface area (Å²) in [7, 11) is 1.54. The zero-order valence-corrected chi connectivity index (χ0v) is 18.9. The summed E-state index contributed by atoms with van der Waals surface area (Å²) in [5.74, 6) is 1.62. The van der Waals surface area contributed by atoms with E-state index in [4.69, 9.17) is 14.2 Å². The molecule has 3 aromatic carbocycles. The second kappa shape index (κ2) is 8.49. The van der Waals surface area contributed by atoms with E-state index in [2.05, 4.69) is 11.4 Å². The topological polar surface area (TPSA) is 80.6 Å². The summed E-state index contributed by atoms with van der Waals surface area (Å²) >= 11 is 1.41. The molecule has 2 heterocycles. The lowest BCUT2D eigenvalue weighted by Crippen LogP contribution is -2.13. The SMILES string of the molecule is COc1cc2ccccc2cc1C(=O)Nc1sc(Cc2ccc3c(c2)OCO3)c(C)c1C#N. The van der Waals surface area contributed by atoms with E-state index in [0.29, 0.717) is 28.3 Å². The summed E-state index contributed by atoms with van der Waals surface area (Å²) in [6.45, 7) is 2.13. The molecule has 4 aromatic rings. The van der Waals surface area contributed by atoms with E-state index < -0.39 is 0 Å². The van der Waals surface area contributed by atoms with E-state index in [1.165, 1.54) is 11.3 Å². The maximum atomic E-state index is 13.2. The molecule has 1 aromatic heterocycles. The van der Waals surface area contributed by atoms with E-state index in [1.807, 2.05) is 61.5 Å². The Hall–Kier alpha value is -4.02. The second-order valence-electron chi connectivity index (χ2n) is 7.68. The van der Waals surface area contributed by atoms with Gasteiger partial charge in [-0.05, 0) is 53.1 Å². The van der Waals surface area contributed by atoms with Crippen LogP contribution >= 0.6 is 11.3 Å². The van der Waals surface area contributed by atoms with Crippen LogP contribution in [0, 0.1) is 18.3 Å². The van der Waals surface area contributed by atoms with Crippen molar-refractivity contribution in [2.24, 2.45) is 0 Å². The number of hydrogen-bond donors (Lipinski definition) is 1. The number of carbonyl (C=O) groups excluding carboxylic acids is 1. The van der Waals surface area contributed by atoms with Gasteiger partial charge in [-0.1, -0.05) is 30.3 Å². The fourth-order valence-corrected chi connectivity index (χ4v) is 5.11. The zero-order chi connectivity index (χ0) is 22.9. The number of ether oxygens (including phenoxy) is 3. The van der Waals surface area contributed by atoms with Crippen molar-refractivity contribution >= 4 is 33.0 Å². The molecule has 0 saturated carbocycles. The summed E-state index contributed by atoms with van der Waals surface area (Å²) in [6, 6.07) is 19.5. The molecule has 1 aliphatic rings. The molecule has 0 radical (unpaired) electrons. The van der Waals surface area contributed by atoms with Gasteiger partial charge >= 0.3 is 0 Å². The molecule has 33 heavy (non-hydrogen) atoms. The van der Waals surface area contributed by atoms with Crippen LogP contribution in [0.3, 0.4) is 0 Å². The minimum atomic E-state index is -0.315. The lowest BCUT2D eigenvalue weighted by Gasteiger charge is -2.10. The fraction of sp³-hybridized carbons (Fsp3) is 0.154. The number of anilines is 1. The van der Waals surface area contributed by atoms with E-state index in [1.54, 1.807) is 7.11 Å². The van der Waals surface area contributed by atoms with Crippen LogP contribution in [0.1, 0.15) is 31.9 Å². The first kappa shape index (κ1) is 20.9. The predicted octanol–water partition coefficient (Wildman–Crippen LogP) is 5.66. The second-order valence-corrected chi connectivity index (χ2v) is 8.79. The summed E-state index contributed by atoms with van der Waals surface area (Å²) in [4.78, 5) is 14.2. The van der Waals surface area contributed by atoms with Gasteiger partial charge in [-0.2, -0.15) is 5.26 Å². The third kappa shape index (κ3) is 3.86. The van der Waals surface area contributed by atoms with Crippen molar-refractivity contribution in [3.63, 3.8) is 0 Å². The van der Waals surface area contributed by atoms with Crippen molar-refractivity contribution in [2.75, 3.05) is 19.2 Å². The summed E-state index contributed by atoms with van der Waals surface area (Å²) < 4.78 is 16.3. The number of carbonyl (C=O) groups is 1. The monoisotopic (exact) mass is 456 g/mol. The highest BCUT2D eigenvalue weighted by Crippen LogP contribution is 2.37. The van der Waals surface area contributed by atoms with Gasteiger partial charge in [-0.3, -0.25) is 4.79 Å².